The maximum absolute atomic E-state index is 11.7. The Morgan fingerprint density at radius 3 is 2.38 bits per heavy atom. The molecule has 1 amide bonds. The summed E-state index contributed by atoms with van der Waals surface area (Å²) in [5.41, 5.74) is 3.56. The fourth-order valence-electron chi connectivity index (χ4n) is 2.38. The number of methoxy groups -OCH3 is 1. The van der Waals surface area contributed by atoms with E-state index in [-0.39, 0.29) is 11.9 Å². The minimum atomic E-state index is -0.595. The number of aromatic nitrogens is 3. The molecule has 3 rings (SSSR count). The molecule has 134 valence electrons. The van der Waals surface area contributed by atoms with Gasteiger partial charge in [0.1, 0.15) is 5.38 Å². The van der Waals surface area contributed by atoms with Crippen LogP contribution in [0.25, 0.3) is 17.1 Å². The summed E-state index contributed by atoms with van der Waals surface area (Å²) in [4.78, 5) is 16.1. The summed E-state index contributed by atoms with van der Waals surface area (Å²) in [5.74, 6) is 0.426. The number of alkyl halides is 1. The van der Waals surface area contributed by atoms with Crippen LogP contribution in [-0.4, -0.2) is 33.2 Å². The summed E-state index contributed by atoms with van der Waals surface area (Å²) >= 11 is 5.78. The maximum Gasteiger partial charge on any atom is 0.336 e. The first kappa shape index (κ1) is 17.9. The molecular formula is C19H19ClN4O2. The zero-order valence-electron chi connectivity index (χ0n) is 14.7. The molecule has 0 aliphatic carbocycles. The Labute approximate surface area is 156 Å². The quantitative estimate of drug-likeness (QED) is 0.693. The monoisotopic (exact) mass is 370 g/mol. The van der Waals surface area contributed by atoms with Crippen molar-refractivity contribution in [1.82, 2.24) is 14.8 Å². The van der Waals surface area contributed by atoms with Gasteiger partial charge >= 0.3 is 6.01 Å². The maximum atomic E-state index is 11.7. The predicted octanol–water partition coefficient (Wildman–Crippen LogP) is 3.82. The number of halogens is 1. The molecule has 7 heteroatoms. The Bertz CT molecular complexity index is 902. The predicted molar refractivity (Wildman–Crippen MR) is 102 cm³/mol. The van der Waals surface area contributed by atoms with Gasteiger partial charge in [0.15, 0.2) is 5.82 Å². The molecule has 0 saturated heterocycles. The minimum absolute atomic E-state index is 0.248. The molecule has 6 nitrogen and oxygen atoms in total. The zero-order chi connectivity index (χ0) is 18.7. The summed E-state index contributed by atoms with van der Waals surface area (Å²) in [6, 6.07) is 15.6. The molecule has 0 bridgehead atoms. The van der Waals surface area contributed by atoms with Crippen LogP contribution >= 0.6 is 11.6 Å². The van der Waals surface area contributed by atoms with Crippen molar-refractivity contribution in [3.05, 3.63) is 54.1 Å². The summed E-state index contributed by atoms with van der Waals surface area (Å²) in [5, 5.41) is 6.54. The summed E-state index contributed by atoms with van der Waals surface area (Å²) in [6.45, 7) is 3.66. The van der Waals surface area contributed by atoms with Gasteiger partial charge in [-0.3, -0.25) is 4.79 Å². The van der Waals surface area contributed by atoms with E-state index in [1.807, 2.05) is 43.3 Å². The lowest BCUT2D eigenvalue weighted by Crippen LogP contribution is -2.20. The number of nitrogens with one attached hydrogen (secondary N) is 1. The largest absolute Gasteiger partial charge is 0.466 e. The van der Waals surface area contributed by atoms with Crippen molar-refractivity contribution >= 4 is 23.2 Å². The molecule has 2 aromatic carbocycles. The number of ether oxygens (including phenoxy) is 1. The van der Waals surface area contributed by atoms with E-state index in [2.05, 4.69) is 15.4 Å². The zero-order valence-corrected chi connectivity index (χ0v) is 15.5. The highest BCUT2D eigenvalue weighted by Crippen LogP contribution is 2.24. The highest BCUT2D eigenvalue weighted by molar-refractivity contribution is 6.32. The topological polar surface area (TPSA) is 69.0 Å². The molecule has 0 fully saturated rings. The van der Waals surface area contributed by atoms with Crippen molar-refractivity contribution in [2.24, 2.45) is 0 Å². The summed E-state index contributed by atoms with van der Waals surface area (Å²) in [7, 11) is 1.53. The van der Waals surface area contributed by atoms with E-state index in [9.17, 15) is 4.79 Å². The molecule has 1 heterocycles. The van der Waals surface area contributed by atoms with Gasteiger partial charge in [0.2, 0.25) is 5.91 Å². The van der Waals surface area contributed by atoms with E-state index in [0.717, 1.165) is 11.3 Å². The van der Waals surface area contributed by atoms with Gasteiger partial charge in [-0.25, -0.2) is 4.68 Å². The molecule has 0 aliphatic heterocycles. The molecule has 0 saturated carbocycles. The van der Waals surface area contributed by atoms with Crippen LogP contribution in [-0.2, 0) is 4.79 Å². The van der Waals surface area contributed by atoms with Crippen molar-refractivity contribution in [3.8, 4) is 23.1 Å². The number of benzene rings is 2. The van der Waals surface area contributed by atoms with E-state index in [0.29, 0.717) is 11.5 Å². The number of rotatable bonds is 5. The molecule has 3 aromatic rings. The Morgan fingerprint density at radius 1 is 1.15 bits per heavy atom. The average molecular weight is 371 g/mol. The second kappa shape index (κ2) is 7.58. The summed E-state index contributed by atoms with van der Waals surface area (Å²) < 4.78 is 6.90. The van der Waals surface area contributed by atoms with Crippen molar-refractivity contribution < 1.29 is 9.53 Å². The number of anilines is 1. The first-order chi connectivity index (χ1) is 12.5. The molecule has 1 unspecified atom stereocenters. The standard InChI is InChI=1S/C19H19ClN4O2/c1-12-4-6-14(7-5-12)17-22-19(26-3)23-24(17)16-10-8-15(9-11-16)21-18(25)13(2)20/h4-11,13H,1-3H3,(H,21,25). The number of aryl methyl sites for hydroxylation is 1. The van der Waals surface area contributed by atoms with Crippen LogP contribution < -0.4 is 10.1 Å². The van der Waals surface area contributed by atoms with E-state index in [4.69, 9.17) is 16.3 Å². The third-order valence-corrected chi connectivity index (χ3v) is 4.02. The lowest BCUT2D eigenvalue weighted by molar-refractivity contribution is -0.115. The van der Waals surface area contributed by atoms with Crippen LogP contribution in [0.5, 0.6) is 6.01 Å². The molecule has 1 N–H and O–H groups in total. The third-order valence-electron chi connectivity index (χ3n) is 3.82. The Kier molecular flexibility index (Phi) is 5.23. The number of nitrogens with zero attached hydrogens (tertiary/aromatic N) is 3. The first-order valence-corrected chi connectivity index (χ1v) is 8.55. The normalized spacial score (nSPS) is 11.8. The van der Waals surface area contributed by atoms with Gasteiger partial charge < -0.3 is 10.1 Å². The molecule has 1 atom stereocenters. The lowest BCUT2D eigenvalue weighted by Gasteiger charge is -2.09. The van der Waals surface area contributed by atoms with E-state index in [1.165, 1.54) is 12.7 Å². The van der Waals surface area contributed by atoms with E-state index in [1.54, 1.807) is 23.7 Å². The van der Waals surface area contributed by atoms with Gasteiger partial charge in [0.05, 0.1) is 12.8 Å². The highest BCUT2D eigenvalue weighted by atomic mass is 35.5. The fraction of sp³-hybridized carbons (Fsp3) is 0.211. The SMILES string of the molecule is COc1nc(-c2ccc(C)cc2)n(-c2ccc(NC(=O)C(C)Cl)cc2)n1. The van der Waals surface area contributed by atoms with Gasteiger partial charge in [-0.1, -0.05) is 29.8 Å². The van der Waals surface area contributed by atoms with Gasteiger partial charge in [-0.05, 0) is 38.1 Å². The number of carbonyl (C=O) groups excluding carboxylic acids is 1. The third kappa shape index (κ3) is 3.86. The lowest BCUT2D eigenvalue weighted by atomic mass is 10.1. The van der Waals surface area contributed by atoms with Gasteiger partial charge in [0.25, 0.3) is 0 Å². The smallest absolute Gasteiger partial charge is 0.336 e. The molecule has 26 heavy (non-hydrogen) atoms. The minimum Gasteiger partial charge on any atom is -0.466 e. The Morgan fingerprint density at radius 2 is 1.81 bits per heavy atom. The number of hydrogen-bond donors (Lipinski definition) is 1. The van der Waals surface area contributed by atoms with E-state index >= 15 is 0 Å². The van der Waals surface area contributed by atoms with Crippen molar-refractivity contribution in [3.63, 3.8) is 0 Å². The van der Waals surface area contributed by atoms with Crippen molar-refractivity contribution in [2.75, 3.05) is 12.4 Å². The number of amides is 1. The number of carbonyl (C=O) groups is 1. The van der Waals surface area contributed by atoms with Crippen molar-refractivity contribution in [2.45, 2.75) is 19.2 Å². The molecular weight excluding hydrogens is 352 g/mol. The molecule has 0 aliphatic rings. The van der Waals surface area contributed by atoms with Crippen molar-refractivity contribution in [1.29, 1.82) is 0 Å². The van der Waals surface area contributed by atoms with Gasteiger partial charge in [-0.15, -0.1) is 16.7 Å². The van der Waals surface area contributed by atoms with Crippen LogP contribution in [0, 0.1) is 6.92 Å². The van der Waals surface area contributed by atoms with Gasteiger partial charge in [-0.2, -0.15) is 4.98 Å². The molecule has 0 radical (unpaired) electrons. The highest BCUT2D eigenvalue weighted by Gasteiger charge is 2.14. The Hall–Kier alpha value is -2.86. The van der Waals surface area contributed by atoms with Gasteiger partial charge in [0, 0.05) is 11.3 Å². The van der Waals surface area contributed by atoms with Crippen LogP contribution in [0.15, 0.2) is 48.5 Å². The summed E-state index contributed by atoms with van der Waals surface area (Å²) in [6.07, 6.45) is 0. The molecule has 0 spiro atoms. The van der Waals surface area contributed by atoms with Crippen LogP contribution in [0.3, 0.4) is 0 Å². The Balaban J connectivity index is 1.94. The van der Waals surface area contributed by atoms with Crippen LogP contribution in [0.2, 0.25) is 0 Å². The van der Waals surface area contributed by atoms with E-state index < -0.39 is 5.38 Å². The number of hydrogen-bond acceptors (Lipinski definition) is 4. The second-order valence-electron chi connectivity index (χ2n) is 5.85. The first-order valence-electron chi connectivity index (χ1n) is 8.11. The fourth-order valence-corrected chi connectivity index (χ4v) is 2.43. The van der Waals surface area contributed by atoms with Crippen LogP contribution in [0.1, 0.15) is 12.5 Å². The second-order valence-corrected chi connectivity index (χ2v) is 6.51. The van der Waals surface area contributed by atoms with Crippen LogP contribution in [0.4, 0.5) is 5.69 Å². The molecule has 1 aromatic heterocycles. The average Bonchev–Trinajstić information content (AvgIpc) is 3.07.